The zero-order valence-electron chi connectivity index (χ0n) is 12.3. The zero-order chi connectivity index (χ0) is 13.9. The number of ether oxygens (including phenoxy) is 1. The fourth-order valence-corrected chi connectivity index (χ4v) is 2.54. The molecule has 1 aromatic carbocycles. The molecule has 0 aromatic heterocycles. The summed E-state index contributed by atoms with van der Waals surface area (Å²) >= 11 is 0. The summed E-state index contributed by atoms with van der Waals surface area (Å²) < 4.78 is 5.42. The van der Waals surface area contributed by atoms with Gasteiger partial charge >= 0.3 is 0 Å². The number of benzene rings is 1. The van der Waals surface area contributed by atoms with Gasteiger partial charge in [0.05, 0.1) is 7.11 Å². The molecule has 1 saturated carbocycles. The van der Waals surface area contributed by atoms with E-state index in [4.69, 9.17) is 10.5 Å². The van der Waals surface area contributed by atoms with Gasteiger partial charge in [0.25, 0.3) is 0 Å². The summed E-state index contributed by atoms with van der Waals surface area (Å²) in [6, 6.07) is 8.18. The molecule has 0 aliphatic heterocycles. The molecule has 2 rings (SSSR count). The average Bonchev–Trinajstić information content (AvgIpc) is 3.13. The lowest BCUT2D eigenvalue weighted by Gasteiger charge is -2.30. The predicted molar refractivity (Wildman–Crippen MR) is 79.4 cm³/mol. The Kier molecular flexibility index (Phi) is 4.48. The molecule has 1 fully saturated rings. The third-order valence-electron chi connectivity index (χ3n) is 4.29. The quantitative estimate of drug-likeness (QED) is 0.792. The molecule has 3 atom stereocenters. The van der Waals surface area contributed by atoms with Gasteiger partial charge in [0, 0.05) is 12.1 Å². The molecule has 106 valence electrons. The van der Waals surface area contributed by atoms with E-state index >= 15 is 0 Å². The van der Waals surface area contributed by atoms with Crippen LogP contribution < -0.4 is 15.8 Å². The summed E-state index contributed by atoms with van der Waals surface area (Å²) in [5.74, 6) is 2.66. The highest BCUT2D eigenvalue weighted by atomic mass is 16.5. The highest BCUT2D eigenvalue weighted by molar-refractivity contribution is 5.34. The van der Waals surface area contributed by atoms with E-state index in [1.807, 2.05) is 12.1 Å². The Morgan fingerprint density at radius 2 is 2.11 bits per heavy atom. The maximum Gasteiger partial charge on any atom is 0.122 e. The van der Waals surface area contributed by atoms with Crippen molar-refractivity contribution in [3.8, 4) is 5.75 Å². The monoisotopic (exact) mass is 262 g/mol. The summed E-state index contributed by atoms with van der Waals surface area (Å²) in [5, 5.41) is 3.66. The summed E-state index contributed by atoms with van der Waals surface area (Å²) in [4.78, 5) is 0. The van der Waals surface area contributed by atoms with Gasteiger partial charge < -0.3 is 15.8 Å². The molecule has 0 saturated heterocycles. The van der Waals surface area contributed by atoms with Gasteiger partial charge in [-0.1, -0.05) is 25.1 Å². The van der Waals surface area contributed by atoms with Crippen LogP contribution in [0.1, 0.15) is 25.8 Å². The first-order valence-corrected chi connectivity index (χ1v) is 7.15. The van der Waals surface area contributed by atoms with Gasteiger partial charge in [0.1, 0.15) is 5.75 Å². The Balaban J connectivity index is 1.99. The van der Waals surface area contributed by atoms with Gasteiger partial charge in [0.15, 0.2) is 0 Å². The first-order valence-electron chi connectivity index (χ1n) is 7.15. The lowest BCUT2D eigenvalue weighted by atomic mass is 9.92. The molecular weight excluding hydrogens is 236 g/mol. The lowest BCUT2D eigenvalue weighted by Crippen LogP contribution is -2.51. The molecule has 19 heavy (non-hydrogen) atoms. The minimum atomic E-state index is -0.0586. The second-order valence-electron chi connectivity index (χ2n) is 6.11. The van der Waals surface area contributed by atoms with Crippen molar-refractivity contribution in [3.63, 3.8) is 0 Å². The zero-order valence-corrected chi connectivity index (χ0v) is 12.3. The molecule has 1 aliphatic carbocycles. The minimum Gasteiger partial charge on any atom is -0.496 e. The lowest BCUT2D eigenvalue weighted by molar-refractivity contribution is 0.343. The fraction of sp³-hybridized carbons (Fsp3) is 0.625. The molecule has 1 aliphatic rings. The predicted octanol–water partition coefficient (Wildman–Crippen LogP) is 2.20. The maximum absolute atomic E-state index is 5.98. The maximum atomic E-state index is 5.98. The standard InChI is InChI=1S/C16H26N2O/c1-12-8-14(12)10-18-16(2,11-17)9-13-6-4-5-7-15(13)19-3/h4-7,12,14,18H,8-11,17H2,1-3H3. The van der Waals surface area contributed by atoms with Crippen molar-refractivity contribution in [2.75, 3.05) is 20.2 Å². The summed E-state index contributed by atoms with van der Waals surface area (Å²) in [7, 11) is 1.72. The molecule has 1 aromatic rings. The van der Waals surface area contributed by atoms with Crippen molar-refractivity contribution < 1.29 is 4.74 Å². The van der Waals surface area contributed by atoms with Crippen LogP contribution in [0.25, 0.3) is 0 Å². The fourth-order valence-electron chi connectivity index (χ4n) is 2.54. The van der Waals surface area contributed by atoms with E-state index in [-0.39, 0.29) is 5.54 Å². The Morgan fingerprint density at radius 3 is 2.68 bits per heavy atom. The van der Waals surface area contributed by atoms with Crippen LogP contribution in [0.2, 0.25) is 0 Å². The van der Waals surface area contributed by atoms with Crippen molar-refractivity contribution in [3.05, 3.63) is 29.8 Å². The molecule has 3 N–H and O–H groups in total. The van der Waals surface area contributed by atoms with E-state index in [0.29, 0.717) is 6.54 Å². The van der Waals surface area contributed by atoms with E-state index in [1.165, 1.54) is 12.0 Å². The number of rotatable bonds is 7. The van der Waals surface area contributed by atoms with Crippen LogP contribution in [0, 0.1) is 11.8 Å². The molecule has 3 nitrogen and oxygen atoms in total. The number of hydrogen-bond acceptors (Lipinski definition) is 3. The highest BCUT2D eigenvalue weighted by Gasteiger charge is 2.34. The minimum absolute atomic E-state index is 0.0586. The van der Waals surface area contributed by atoms with Gasteiger partial charge in [-0.15, -0.1) is 0 Å². The number of para-hydroxylation sites is 1. The van der Waals surface area contributed by atoms with Crippen LogP contribution in [-0.2, 0) is 6.42 Å². The third kappa shape index (κ3) is 3.71. The molecule has 0 heterocycles. The Labute approximate surface area is 116 Å². The molecule has 0 bridgehead atoms. The molecule has 3 heteroatoms. The van der Waals surface area contributed by atoms with E-state index < -0.39 is 0 Å². The van der Waals surface area contributed by atoms with Gasteiger partial charge in [-0.05, 0) is 49.8 Å². The summed E-state index contributed by atoms with van der Waals surface area (Å²) in [5.41, 5.74) is 7.14. The van der Waals surface area contributed by atoms with Crippen LogP contribution in [-0.4, -0.2) is 25.7 Å². The number of hydrogen-bond donors (Lipinski definition) is 2. The van der Waals surface area contributed by atoms with Crippen molar-refractivity contribution >= 4 is 0 Å². The SMILES string of the molecule is COc1ccccc1CC(C)(CN)NCC1CC1C. The van der Waals surface area contributed by atoms with Crippen LogP contribution in [0.4, 0.5) is 0 Å². The van der Waals surface area contributed by atoms with Crippen LogP contribution >= 0.6 is 0 Å². The Hall–Kier alpha value is -1.06. The van der Waals surface area contributed by atoms with Crippen LogP contribution in [0.5, 0.6) is 5.75 Å². The Bertz CT molecular complexity index is 421. The molecule has 3 unspecified atom stereocenters. The van der Waals surface area contributed by atoms with E-state index in [2.05, 4.69) is 31.3 Å². The third-order valence-corrected chi connectivity index (χ3v) is 4.29. The Morgan fingerprint density at radius 1 is 1.42 bits per heavy atom. The van der Waals surface area contributed by atoms with Gasteiger partial charge in [-0.2, -0.15) is 0 Å². The van der Waals surface area contributed by atoms with Crippen molar-refractivity contribution in [1.29, 1.82) is 0 Å². The number of methoxy groups -OCH3 is 1. The number of nitrogens with one attached hydrogen (secondary N) is 1. The van der Waals surface area contributed by atoms with E-state index in [1.54, 1.807) is 7.11 Å². The van der Waals surface area contributed by atoms with Gasteiger partial charge in [0.2, 0.25) is 0 Å². The largest absolute Gasteiger partial charge is 0.496 e. The first-order chi connectivity index (χ1) is 9.08. The van der Waals surface area contributed by atoms with Crippen molar-refractivity contribution in [2.45, 2.75) is 32.2 Å². The topological polar surface area (TPSA) is 47.3 Å². The van der Waals surface area contributed by atoms with Crippen molar-refractivity contribution in [1.82, 2.24) is 5.32 Å². The molecule has 0 amide bonds. The van der Waals surface area contributed by atoms with Gasteiger partial charge in [-0.25, -0.2) is 0 Å². The van der Waals surface area contributed by atoms with E-state index in [0.717, 1.165) is 30.6 Å². The summed E-state index contributed by atoms with van der Waals surface area (Å²) in [6.07, 6.45) is 2.25. The summed E-state index contributed by atoms with van der Waals surface area (Å²) in [6.45, 7) is 6.22. The highest BCUT2D eigenvalue weighted by Crippen LogP contribution is 2.37. The normalized spacial score (nSPS) is 24.8. The average molecular weight is 262 g/mol. The van der Waals surface area contributed by atoms with Gasteiger partial charge in [-0.3, -0.25) is 0 Å². The molecule has 0 radical (unpaired) electrons. The second-order valence-corrected chi connectivity index (χ2v) is 6.11. The molecule has 0 spiro atoms. The number of nitrogens with two attached hydrogens (primary N) is 1. The second kappa shape index (κ2) is 5.93. The first kappa shape index (κ1) is 14.4. The van der Waals surface area contributed by atoms with E-state index in [9.17, 15) is 0 Å². The molecular formula is C16H26N2O. The van der Waals surface area contributed by atoms with Crippen LogP contribution in [0.3, 0.4) is 0 Å². The smallest absolute Gasteiger partial charge is 0.122 e. The van der Waals surface area contributed by atoms with Crippen LogP contribution in [0.15, 0.2) is 24.3 Å². The van der Waals surface area contributed by atoms with Crippen molar-refractivity contribution in [2.24, 2.45) is 17.6 Å².